The van der Waals surface area contributed by atoms with Crippen LogP contribution in [0, 0.1) is 6.92 Å². The highest BCUT2D eigenvalue weighted by Gasteiger charge is 2.16. The highest BCUT2D eigenvalue weighted by atomic mass is 32.1. The molecule has 2 rings (SSSR count). The van der Waals surface area contributed by atoms with Crippen LogP contribution in [0.2, 0.25) is 0 Å². The van der Waals surface area contributed by atoms with Gasteiger partial charge in [0, 0.05) is 12.1 Å². The number of carbonyl (C=O) groups excluding carboxylic acids is 1. The van der Waals surface area contributed by atoms with Crippen LogP contribution in [0.4, 0.5) is 4.79 Å². The molecule has 0 unspecified atom stereocenters. The summed E-state index contributed by atoms with van der Waals surface area (Å²) >= 11 is 1.53. The molecule has 0 bridgehead atoms. The van der Waals surface area contributed by atoms with Crippen molar-refractivity contribution in [3.63, 3.8) is 0 Å². The van der Waals surface area contributed by atoms with E-state index in [1.807, 2.05) is 13.0 Å². The Hall–Kier alpha value is -2.08. The fourth-order valence-corrected chi connectivity index (χ4v) is 2.72. The molecule has 22 heavy (non-hydrogen) atoms. The predicted octanol–water partition coefficient (Wildman–Crippen LogP) is 3.85. The number of carbonyl (C=O) groups is 1. The lowest BCUT2D eigenvalue weighted by molar-refractivity contribution is 0.0523. The first-order chi connectivity index (χ1) is 10.3. The number of phenols is 1. The second-order valence-electron chi connectivity index (χ2n) is 5.97. The Kier molecular flexibility index (Phi) is 4.71. The van der Waals surface area contributed by atoms with Gasteiger partial charge in [0.1, 0.15) is 11.4 Å². The summed E-state index contributed by atoms with van der Waals surface area (Å²) in [7, 11) is 0. The van der Waals surface area contributed by atoms with Crippen LogP contribution in [0.1, 0.15) is 32.0 Å². The van der Waals surface area contributed by atoms with Gasteiger partial charge in [0.2, 0.25) is 0 Å². The summed E-state index contributed by atoms with van der Waals surface area (Å²) in [5.74, 6) is 0.140. The average molecular weight is 320 g/mol. The van der Waals surface area contributed by atoms with E-state index in [9.17, 15) is 9.90 Å². The van der Waals surface area contributed by atoms with E-state index in [2.05, 4.69) is 10.3 Å². The first kappa shape index (κ1) is 16.3. The number of hydrogen-bond donors (Lipinski definition) is 2. The van der Waals surface area contributed by atoms with Crippen molar-refractivity contribution in [1.29, 1.82) is 0 Å². The van der Waals surface area contributed by atoms with Gasteiger partial charge < -0.3 is 15.2 Å². The van der Waals surface area contributed by atoms with Crippen LogP contribution in [0.3, 0.4) is 0 Å². The molecule has 6 heteroatoms. The number of aryl methyl sites for hydroxylation is 1. The van der Waals surface area contributed by atoms with E-state index >= 15 is 0 Å². The maximum absolute atomic E-state index is 11.6. The molecule has 0 saturated carbocycles. The lowest BCUT2D eigenvalue weighted by atomic mass is 10.1. The Morgan fingerprint density at radius 3 is 2.68 bits per heavy atom. The van der Waals surface area contributed by atoms with Crippen LogP contribution in [0.25, 0.3) is 10.4 Å². The topological polar surface area (TPSA) is 71.5 Å². The maximum atomic E-state index is 11.6. The second-order valence-corrected chi connectivity index (χ2v) is 6.82. The molecule has 1 aromatic heterocycles. The van der Waals surface area contributed by atoms with Crippen molar-refractivity contribution in [3.8, 4) is 16.2 Å². The van der Waals surface area contributed by atoms with Crippen LogP contribution >= 0.6 is 11.3 Å². The van der Waals surface area contributed by atoms with Crippen LogP contribution in [-0.2, 0) is 11.3 Å². The molecule has 0 fully saturated rings. The second kappa shape index (κ2) is 6.36. The van der Waals surface area contributed by atoms with Gasteiger partial charge >= 0.3 is 6.09 Å². The summed E-state index contributed by atoms with van der Waals surface area (Å²) in [5.41, 5.74) is 3.72. The fourth-order valence-electron chi connectivity index (χ4n) is 1.92. The zero-order chi connectivity index (χ0) is 16.3. The largest absolute Gasteiger partial charge is 0.508 e. The summed E-state index contributed by atoms with van der Waals surface area (Å²) in [4.78, 5) is 16.9. The quantitative estimate of drug-likeness (QED) is 0.901. The van der Waals surface area contributed by atoms with Crippen LogP contribution in [0.15, 0.2) is 23.7 Å². The number of thiazole rings is 1. The first-order valence-corrected chi connectivity index (χ1v) is 7.83. The number of hydrogen-bond acceptors (Lipinski definition) is 5. The molecule has 0 atom stereocenters. The smallest absolute Gasteiger partial charge is 0.407 e. The minimum Gasteiger partial charge on any atom is -0.508 e. The lowest BCUT2D eigenvalue weighted by Gasteiger charge is -2.19. The number of aromatic hydroxyl groups is 1. The molecule has 5 nitrogen and oxygen atoms in total. The number of phenolic OH excluding ortho intramolecular Hbond substituents is 1. The number of nitrogens with zero attached hydrogens (tertiary/aromatic N) is 1. The first-order valence-electron chi connectivity index (χ1n) is 6.95. The number of benzene rings is 1. The van der Waals surface area contributed by atoms with Gasteiger partial charge in [0.15, 0.2) is 0 Å². The fraction of sp³-hybridized carbons (Fsp3) is 0.375. The number of amides is 1. The number of ether oxygens (including phenoxy) is 1. The van der Waals surface area contributed by atoms with Crippen molar-refractivity contribution in [2.75, 3.05) is 0 Å². The van der Waals surface area contributed by atoms with Gasteiger partial charge in [-0.05, 0) is 39.3 Å². The molecule has 0 saturated heterocycles. The van der Waals surface area contributed by atoms with E-state index in [0.717, 1.165) is 16.1 Å². The van der Waals surface area contributed by atoms with Gasteiger partial charge in [-0.3, -0.25) is 0 Å². The molecule has 0 aliphatic heterocycles. The van der Waals surface area contributed by atoms with Gasteiger partial charge in [0.05, 0.1) is 16.1 Å². The molecular formula is C16H20N2O3S. The molecule has 2 N–H and O–H groups in total. The van der Waals surface area contributed by atoms with E-state index < -0.39 is 11.7 Å². The number of nitrogens with one attached hydrogen (secondary N) is 1. The van der Waals surface area contributed by atoms with E-state index in [-0.39, 0.29) is 12.3 Å². The average Bonchev–Trinajstić information content (AvgIpc) is 2.81. The molecule has 0 aliphatic carbocycles. The van der Waals surface area contributed by atoms with Crippen molar-refractivity contribution in [2.45, 2.75) is 39.8 Å². The van der Waals surface area contributed by atoms with Crippen molar-refractivity contribution in [1.82, 2.24) is 10.3 Å². The van der Waals surface area contributed by atoms with Crippen molar-refractivity contribution >= 4 is 17.4 Å². The minimum atomic E-state index is -0.542. The molecule has 1 aromatic carbocycles. The van der Waals surface area contributed by atoms with Gasteiger partial charge in [-0.25, -0.2) is 9.78 Å². The Balaban J connectivity index is 2.05. The van der Waals surface area contributed by atoms with E-state index in [1.165, 1.54) is 11.3 Å². The molecule has 2 aromatic rings. The summed E-state index contributed by atoms with van der Waals surface area (Å²) in [5, 5.41) is 12.7. The number of alkyl carbamates (subject to hydrolysis) is 1. The van der Waals surface area contributed by atoms with Crippen LogP contribution in [-0.4, -0.2) is 21.8 Å². The van der Waals surface area contributed by atoms with Crippen molar-refractivity contribution in [3.05, 3.63) is 35.0 Å². The third-order valence-electron chi connectivity index (χ3n) is 2.92. The molecule has 0 spiro atoms. The monoisotopic (exact) mass is 320 g/mol. The van der Waals surface area contributed by atoms with E-state index in [0.29, 0.717) is 5.56 Å². The highest BCUT2D eigenvalue weighted by Crippen LogP contribution is 2.31. The van der Waals surface area contributed by atoms with Gasteiger partial charge in [0.25, 0.3) is 0 Å². The van der Waals surface area contributed by atoms with Crippen molar-refractivity contribution < 1.29 is 14.6 Å². The number of aromatic nitrogens is 1. The summed E-state index contributed by atoms with van der Waals surface area (Å²) in [6, 6.07) is 5.39. The minimum absolute atomic E-state index is 0.140. The molecule has 1 heterocycles. The normalized spacial score (nSPS) is 11.3. The molecule has 1 amide bonds. The lowest BCUT2D eigenvalue weighted by Crippen LogP contribution is -2.32. The SMILES string of the molecule is Cc1ncsc1-c1ccc(CNC(=O)OC(C)(C)C)c(O)c1. The molecular weight excluding hydrogens is 300 g/mol. The highest BCUT2D eigenvalue weighted by molar-refractivity contribution is 7.13. The van der Waals surface area contributed by atoms with Crippen LogP contribution < -0.4 is 5.32 Å². The van der Waals surface area contributed by atoms with Crippen molar-refractivity contribution in [2.24, 2.45) is 0 Å². The zero-order valence-corrected chi connectivity index (χ0v) is 14.0. The molecule has 0 aliphatic rings. The Morgan fingerprint density at radius 2 is 2.14 bits per heavy atom. The Bertz CT molecular complexity index is 674. The van der Waals surface area contributed by atoms with Gasteiger partial charge in [-0.2, -0.15) is 0 Å². The Morgan fingerprint density at radius 1 is 1.41 bits per heavy atom. The summed E-state index contributed by atoms with van der Waals surface area (Å²) < 4.78 is 5.16. The summed E-state index contributed by atoms with van der Waals surface area (Å²) in [6.07, 6.45) is -0.505. The predicted molar refractivity (Wildman–Crippen MR) is 87.0 cm³/mol. The third kappa shape index (κ3) is 4.21. The standard InChI is InChI=1S/C16H20N2O3S/c1-10-14(22-9-18-10)11-5-6-12(13(19)7-11)8-17-15(20)21-16(2,3)4/h5-7,9,19H,8H2,1-4H3,(H,17,20). The number of rotatable bonds is 3. The maximum Gasteiger partial charge on any atom is 0.407 e. The third-order valence-corrected chi connectivity index (χ3v) is 3.89. The van der Waals surface area contributed by atoms with Crippen LogP contribution in [0.5, 0.6) is 5.75 Å². The molecule has 118 valence electrons. The molecule has 0 radical (unpaired) electrons. The van der Waals surface area contributed by atoms with Gasteiger partial charge in [-0.1, -0.05) is 12.1 Å². The van der Waals surface area contributed by atoms with E-state index in [4.69, 9.17) is 4.74 Å². The van der Waals surface area contributed by atoms with E-state index in [1.54, 1.807) is 38.4 Å². The van der Waals surface area contributed by atoms with Gasteiger partial charge in [-0.15, -0.1) is 11.3 Å². The zero-order valence-electron chi connectivity index (χ0n) is 13.1. The summed E-state index contributed by atoms with van der Waals surface area (Å²) in [6.45, 7) is 7.55. The Labute approximate surface area is 134 Å².